The molecule has 1 fully saturated rings. The molecule has 0 radical (unpaired) electrons. The van der Waals surface area contributed by atoms with E-state index in [1.807, 2.05) is 0 Å². The van der Waals surface area contributed by atoms with Gasteiger partial charge in [-0.15, -0.1) is 0 Å². The molecule has 0 unspecified atom stereocenters. The van der Waals surface area contributed by atoms with Crippen molar-refractivity contribution in [3.63, 3.8) is 0 Å². The van der Waals surface area contributed by atoms with E-state index in [1.54, 1.807) is 18.2 Å². The van der Waals surface area contributed by atoms with E-state index >= 15 is 0 Å². The van der Waals surface area contributed by atoms with Crippen molar-refractivity contribution in [2.75, 3.05) is 5.32 Å². The third kappa shape index (κ3) is 3.62. The molecule has 2 aromatic rings. The fraction of sp³-hybridized carbons (Fsp3) is 0.214. The number of benzene rings is 1. The molecule has 108 valence electrons. The molecule has 0 spiro atoms. The lowest BCUT2D eigenvalue weighted by atomic mass is 10.3. The average Bonchev–Trinajstić information content (AvgIpc) is 3.26. The van der Waals surface area contributed by atoms with Gasteiger partial charge in [0.1, 0.15) is 11.5 Å². The number of rotatable bonds is 4. The number of amides is 1. The zero-order chi connectivity index (χ0) is 14.8. The molecule has 1 aliphatic rings. The van der Waals surface area contributed by atoms with Crippen LogP contribution in [0.4, 0.5) is 11.5 Å². The highest BCUT2D eigenvalue weighted by Crippen LogP contribution is 2.27. The molecule has 0 aliphatic heterocycles. The SMILES string of the molecule is O=C(NC1CC1)c1cnc(Nc2ccc(Cl)cc2Cl)cn1. The first-order chi connectivity index (χ1) is 10.1. The van der Waals surface area contributed by atoms with Gasteiger partial charge in [-0.2, -0.15) is 0 Å². The van der Waals surface area contributed by atoms with Crippen molar-refractivity contribution < 1.29 is 4.79 Å². The Morgan fingerprint density at radius 3 is 2.62 bits per heavy atom. The Kier molecular flexibility index (Phi) is 3.94. The predicted molar refractivity (Wildman–Crippen MR) is 82.3 cm³/mol. The van der Waals surface area contributed by atoms with Gasteiger partial charge in [-0.1, -0.05) is 23.2 Å². The largest absolute Gasteiger partial charge is 0.348 e. The molecule has 21 heavy (non-hydrogen) atoms. The van der Waals surface area contributed by atoms with Crippen molar-refractivity contribution in [3.05, 3.63) is 46.3 Å². The predicted octanol–water partition coefficient (Wildman–Crippen LogP) is 3.42. The van der Waals surface area contributed by atoms with E-state index in [2.05, 4.69) is 20.6 Å². The first kappa shape index (κ1) is 14.1. The van der Waals surface area contributed by atoms with Crippen LogP contribution in [0.3, 0.4) is 0 Å². The lowest BCUT2D eigenvalue weighted by Crippen LogP contribution is -2.26. The quantitative estimate of drug-likeness (QED) is 0.905. The van der Waals surface area contributed by atoms with E-state index in [1.165, 1.54) is 12.4 Å². The number of carbonyl (C=O) groups excluding carboxylic acids is 1. The maximum atomic E-state index is 11.8. The van der Waals surface area contributed by atoms with Crippen LogP contribution in [0, 0.1) is 0 Å². The number of aromatic nitrogens is 2. The topological polar surface area (TPSA) is 66.9 Å². The molecule has 0 saturated heterocycles. The molecule has 1 amide bonds. The summed E-state index contributed by atoms with van der Waals surface area (Å²) in [5.41, 5.74) is 0.972. The number of halogens is 2. The normalized spacial score (nSPS) is 13.8. The number of hydrogen-bond acceptors (Lipinski definition) is 4. The molecule has 1 heterocycles. The Morgan fingerprint density at radius 2 is 2.00 bits per heavy atom. The molecule has 1 aromatic heterocycles. The molecule has 7 heteroatoms. The number of nitrogens with one attached hydrogen (secondary N) is 2. The summed E-state index contributed by atoms with van der Waals surface area (Å²) in [5.74, 6) is 0.309. The second-order valence-corrected chi connectivity index (χ2v) is 5.63. The molecular weight excluding hydrogens is 311 g/mol. The average molecular weight is 323 g/mol. The molecule has 0 atom stereocenters. The van der Waals surface area contributed by atoms with E-state index < -0.39 is 0 Å². The van der Waals surface area contributed by atoms with Crippen molar-refractivity contribution in [3.8, 4) is 0 Å². The summed E-state index contributed by atoms with van der Waals surface area (Å²) < 4.78 is 0. The Hall–Kier alpha value is -1.85. The van der Waals surface area contributed by atoms with E-state index in [0.29, 0.717) is 33.3 Å². The molecule has 2 N–H and O–H groups in total. The number of carbonyl (C=O) groups is 1. The molecule has 3 rings (SSSR count). The highest BCUT2D eigenvalue weighted by Gasteiger charge is 2.24. The van der Waals surface area contributed by atoms with Crippen LogP contribution in [-0.4, -0.2) is 21.9 Å². The van der Waals surface area contributed by atoms with Gasteiger partial charge in [-0.05, 0) is 31.0 Å². The van der Waals surface area contributed by atoms with Crippen molar-refractivity contribution in [2.45, 2.75) is 18.9 Å². The summed E-state index contributed by atoms with van der Waals surface area (Å²) in [6, 6.07) is 5.40. The zero-order valence-corrected chi connectivity index (χ0v) is 12.4. The third-order valence-electron chi connectivity index (χ3n) is 2.99. The lowest BCUT2D eigenvalue weighted by molar-refractivity contribution is 0.0945. The van der Waals surface area contributed by atoms with Crippen molar-refractivity contribution >= 4 is 40.6 Å². The smallest absolute Gasteiger partial charge is 0.271 e. The summed E-state index contributed by atoms with van der Waals surface area (Å²) in [7, 11) is 0. The van der Waals surface area contributed by atoms with Crippen molar-refractivity contribution in [1.29, 1.82) is 0 Å². The Bertz CT molecular complexity index is 671. The van der Waals surface area contributed by atoms with Crippen LogP contribution in [0.2, 0.25) is 10.0 Å². The van der Waals surface area contributed by atoms with E-state index in [-0.39, 0.29) is 5.91 Å². The summed E-state index contributed by atoms with van der Waals surface area (Å²) in [5, 5.41) is 6.92. The van der Waals surface area contributed by atoms with Crippen molar-refractivity contribution in [1.82, 2.24) is 15.3 Å². The van der Waals surface area contributed by atoms with Gasteiger partial charge in [0, 0.05) is 11.1 Å². The van der Waals surface area contributed by atoms with Crippen LogP contribution in [0.15, 0.2) is 30.6 Å². The number of hydrogen-bond donors (Lipinski definition) is 2. The van der Waals surface area contributed by atoms with Gasteiger partial charge in [-0.25, -0.2) is 9.97 Å². The second kappa shape index (κ2) is 5.87. The second-order valence-electron chi connectivity index (χ2n) is 4.78. The van der Waals surface area contributed by atoms with Gasteiger partial charge in [-0.3, -0.25) is 4.79 Å². The summed E-state index contributed by atoms with van der Waals surface area (Å²) in [4.78, 5) is 20.0. The van der Waals surface area contributed by atoms with Crippen LogP contribution in [0.5, 0.6) is 0 Å². The van der Waals surface area contributed by atoms with Crippen LogP contribution >= 0.6 is 23.2 Å². The molecule has 1 aromatic carbocycles. The van der Waals surface area contributed by atoms with Gasteiger partial charge < -0.3 is 10.6 Å². The highest BCUT2D eigenvalue weighted by atomic mass is 35.5. The van der Waals surface area contributed by atoms with Crippen LogP contribution < -0.4 is 10.6 Å². The Labute approximate surface area is 131 Å². The zero-order valence-electron chi connectivity index (χ0n) is 10.9. The number of anilines is 2. The van der Waals surface area contributed by atoms with Crippen LogP contribution in [0.1, 0.15) is 23.3 Å². The minimum atomic E-state index is -0.193. The Morgan fingerprint density at radius 1 is 1.19 bits per heavy atom. The van der Waals surface area contributed by atoms with E-state index in [0.717, 1.165) is 12.8 Å². The first-order valence-corrected chi connectivity index (χ1v) is 7.22. The summed E-state index contributed by atoms with van der Waals surface area (Å²) in [6.45, 7) is 0. The van der Waals surface area contributed by atoms with Gasteiger partial charge in [0.2, 0.25) is 0 Å². The molecular formula is C14H12Cl2N4O. The minimum absolute atomic E-state index is 0.193. The van der Waals surface area contributed by atoms with Crippen molar-refractivity contribution in [2.24, 2.45) is 0 Å². The fourth-order valence-corrected chi connectivity index (χ4v) is 2.18. The standard InChI is InChI=1S/C14H12Cl2N4O/c15-8-1-4-11(10(16)5-8)20-13-7-17-12(6-18-13)14(21)19-9-2-3-9/h1,4-7,9H,2-3H2,(H,18,20)(H,19,21). The molecule has 0 bridgehead atoms. The van der Waals surface area contributed by atoms with Gasteiger partial charge in [0.05, 0.1) is 23.1 Å². The summed E-state index contributed by atoms with van der Waals surface area (Å²) >= 11 is 11.9. The Balaban J connectivity index is 1.70. The van der Waals surface area contributed by atoms with Crippen LogP contribution in [0.25, 0.3) is 0 Å². The summed E-state index contributed by atoms with van der Waals surface area (Å²) in [6.07, 6.45) is 5.00. The third-order valence-corrected chi connectivity index (χ3v) is 3.54. The van der Waals surface area contributed by atoms with Gasteiger partial charge in [0.15, 0.2) is 0 Å². The molecule has 1 aliphatic carbocycles. The van der Waals surface area contributed by atoms with Crippen LogP contribution in [-0.2, 0) is 0 Å². The number of nitrogens with zero attached hydrogens (tertiary/aromatic N) is 2. The lowest BCUT2D eigenvalue weighted by Gasteiger charge is -2.08. The molecule has 5 nitrogen and oxygen atoms in total. The van der Waals surface area contributed by atoms with Gasteiger partial charge in [0.25, 0.3) is 5.91 Å². The van der Waals surface area contributed by atoms with Gasteiger partial charge >= 0.3 is 0 Å². The first-order valence-electron chi connectivity index (χ1n) is 6.47. The molecule has 1 saturated carbocycles. The highest BCUT2D eigenvalue weighted by molar-refractivity contribution is 6.36. The fourth-order valence-electron chi connectivity index (χ4n) is 1.73. The maximum Gasteiger partial charge on any atom is 0.271 e. The minimum Gasteiger partial charge on any atom is -0.348 e. The maximum absolute atomic E-state index is 11.8. The van der Waals surface area contributed by atoms with E-state index in [4.69, 9.17) is 23.2 Å². The monoisotopic (exact) mass is 322 g/mol. The van der Waals surface area contributed by atoms with E-state index in [9.17, 15) is 4.79 Å².